The molecule has 1 aromatic carbocycles. The van der Waals surface area contributed by atoms with Crippen molar-refractivity contribution in [2.45, 2.75) is 31.6 Å². The summed E-state index contributed by atoms with van der Waals surface area (Å²) in [7, 11) is 0. The fraction of sp³-hybridized carbons (Fsp3) is 0.455. The van der Waals surface area contributed by atoms with Crippen LogP contribution >= 0.6 is 11.6 Å². The quantitative estimate of drug-likeness (QED) is 0.568. The summed E-state index contributed by atoms with van der Waals surface area (Å²) in [6.07, 6.45) is 4.75. The van der Waals surface area contributed by atoms with Gasteiger partial charge in [0.1, 0.15) is 5.02 Å². The molecule has 1 radical (unpaired) electrons. The van der Waals surface area contributed by atoms with Crippen molar-refractivity contribution in [3.05, 3.63) is 38.9 Å². The molecule has 1 aliphatic carbocycles. The third-order valence-electron chi connectivity index (χ3n) is 2.89. The second-order valence-corrected chi connectivity index (χ2v) is 4.27. The largest absolute Gasteiger partial charge is 0.288 e. The molecule has 15 heavy (non-hydrogen) atoms. The van der Waals surface area contributed by atoms with E-state index in [1.165, 1.54) is 18.9 Å². The SMILES string of the molecule is O=[N+]([O-])c1c[c]c(C2CCCC2)cc1Cl. The van der Waals surface area contributed by atoms with Gasteiger partial charge in [0.25, 0.3) is 5.69 Å². The summed E-state index contributed by atoms with van der Waals surface area (Å²) in [5.41, 5.74) is 0.960. The van der Waals surface area contributed by atoms with Gasteiger partial charge in [0.15, 0.2) is 0 Å². The number of nitro groups is 1. The highest BCUT2D eigenvalue weighted by atomic mass is 35.5. The molecule has 1 fully saturated rings. The van der Waals surface area contributed by atoms with Gasteiger partial charge in [-0.25, -0.2) is 0 Å². The van der Waals surface area contributed by atoms with E-state index < -0.39 is 4.92 Å². The van der Waals surface area contributed by atoms with Crippen molar-refractivity contribution in [2.75, 3.05) is 0 Å². The van der Waals surface area contributed by atoms with Crippen LogP contribution in [0.25, 0.3) is 0 Å². The lowest BCUT2D eigenvalue weighted by Crippen LogP contribution is -1.95. The van der Waals surface area contributed by atoms with Crippen molar-refractivity contribution in [3.63, 3.8) is 0 Å². The Balaban J connectivity index is 2.28. The summed E-state index contributed by atoms with van der Waals surface area (Å²) in [5, 5.41) is 10.8. The predicted octanol–water partition coefficient (Wildman–Crippen LogP) is 3.71. The van der Waals surface area contributed by atoms with Gasteiger partial charge in [0.05, 0.1) is 4.92 Å². The molecule has 0 heterocycles. The molecular weight excluding hydrogens is 214 g/mol. The van der Waals surface area contributed by atoms with Gasteiger partial charge in [-0.2, -0.15) is 0 Å². The maximum Gasteiger partial charge on any atom is 0.288 e. The Morgan fingerprint density at radius 3 is 2.67 bits per heavy atom. The molecule has 4 heteroatoms. The summed E-state index contributed by atoms with van der Waals surface area (Å²) in [5.74, 6) is 0.489. The van der Waals surface area contributed by atoms with Crippen LogP contribution in [0.4, 0.5) is 5.69 Å². The smallest absolute Gasteiger partial charge is 0.258 e. The Hall–Kier alpha value is -1.09. The number of hydrogen-bond acceptors (Lipinski definition) is 2. The van der Waals surface area contributed by atoms with Crippen molar-refractivity contribution >= 4 is 17.3 Å². The summed E-state index contributed by atoms with van der Waals surface area (Å²) < 4.78 is 0. The maximum absolute atomic E-state index is 10.6. The van der Waals surface area contributed by atoms with Crippen LogP contribution < -0.4 is 0 Å². The molecule has 79 valence electrons. The van der Waals surface area contributed by atoms with E-state index in [1.54, 1.807) is 6.07 Å². The molecule has 1 aromatic rings. The van der Waals surface area contributed by atoms with Crippen LogP contribution in [0.5, 0.6) is 0 Å². The van der Waals surface area contributed by atoms with Gasteiger partial charge >= 0.3 is 0 Å². The van der Waals surface area contributed by atoms with E-state index in [9.17, 15) is 10.1 Å². The molecule has 2 rings (SSSR count). The van der Waals surface area contributed by atoms with Gasteiger partial charge in [-0.1, -0.05) is 24.4 Å². The van der Waals surface area contributed by atoms with Gasteiger partial charge in [-0.05, 0) is 36.5 Å². The van der Waals surface area contributed by atoms with E-state index in [-0.39, 0.29) is 10.7 Å². The minimum atomic E-state index is -0.475. The standard InChI is InChI=1S/C11H11ClNO2/c12-10-7-9(8-3-1-2-4-8)5-6-11(10)13(14)15/h6-8H,1-4H2. The van der Waals surface area contributed by atoms with Crippen LogP contribution in [-0.2, 0) is 0 Å². The third kappa shape index (κ3) is 2.12. The minimum absolute atomic E-state index is 0.0570. The van der Waals surface area contributed by atoms with Gasteiger partial charge in [-0.3, -0.25) is 10.1 Å². The molecule has 0 spiro atoms. The highest BCUT2D eigenvalue weighted by molar-refractivity contribution is 6.32. The number of hydrogen-bond donors (Lipinski definition) is 0. The molecule has 0 aliphatic heterocycles. The molecule has 0 aromatic heterocycles. The maximum atomic E-state index is 10.6. The van der Waals surface area contributed by atoms with Crippen LogP contribution in [0.1, 0.15) is 37.2 Å². The topological polar surface area (TPSA) is 43.1 Å². The van der Waals surface area contributed by atoms with Crippen LogP contribution in [0, 0.1) is 16.2 Å². The van der Waals surface area contributed by atoms with E-state index in [0.29, 0.717) is 5.92 Å². The molecule has 0 saturated heterocycles. The highest BCUT2D eigenvalue weighted by Crippen LogP contribution is 2.36. The van der Waals surface area contributed by atoms with Crippen LogP contribution in [0.3, 0.4) is 0 Å². The molecule has 0 amide bonds. The Morgan fingerprint density at radius 2 is 2.13 bits per heavy atom. The molecule has 1 saturated carbocycles. The zero-order chi connectivity index (χ0) is 10.8. The van der Waals surface area contributed by atoms with Crippen molar-refractivity contribution in [2.24, 2.45) is 0 Å². The first-order valence-corrected chi connectivity index (χ1v) is 5.42. The molecule has 1 aliphatic rings. The average molecular weight is 225 g/mol. The van der Waals surface area contributed by atoms with E-state index in [2.05, 4.69) is 6.07 Å². The molecular formula is C11H11ClNO2. The first kappa shape index (κ1) is 10.4. The summed E-state index contributed by atoms with van der Waals surface area (Å²) >= 11 is 5.84. The van der Waals surface area contributed by atoms with Gasteiger partial charge in [-0.15, -0.1) is 0 Å². The molecule has 0 unspecified atom stereocenters. The molecule has 0 bridgehead atoms. The van der Waals surface area contributed by atoms with Crippen LogP contribution in [0.15, 0.2) is 12.1 Å². The Labute approximate surface area is 93.2 Å². The fourth-order valence-electron chi connectivity index (χ4n) is 2.09. The number of halogens is 1. The Bertz CT molecular complexity index is 386. The molecule has 3 nitrogen and oxygen atoms in total. The minimum Gasteiger partial charge on any atom is -0.258 e. The lowest BCUT2D eigenvalue weighted by molar-refractivity contribution is -0.384. The number of benzene rings is 1. The van der Waals surface area contributed by atoms with Crippen molar-refractivity contribution in [1.29, 1.82) is 0 Å². The number of rotatable bonds is 2. The second-order valence-electron chi connectivity index (χ2n) is 3.86. The van der Waals surface area contributed by atoms with E-state index in [0.717, 1.165) is 18.4 Å². The first-order chi connectivity index (χ1) is 7.18. The normalized spacial score (nSPS) is 16.9. The molecule has 0 N–H and O–H groups in total. The first-order valence-electron chi connectivity index (χ1n) is 5.04. The van der Waals surface area contributed by atoms with Gasteiger partial charge in [0.2, 0.25) is 0 Å². The van der Waals surface area contributed by atoms with E-state index in [4.69, 9.17) is 11.6 Å². The highest BCUT2D eigenvalue weighted by Gasteiger charge is 2.20. The summed E-state index contributed by atoms with van der Waals surface area (Å²) in [6, 6.07) is 6.05. The average Bonchev–Trinajstić information content (AvgIpc) is 2.69. The fourth-order valence-corrected chi connectivity index (χ4v) is 2.33. The lowest BCUT2D eigenvalue weighted by atomic mass is 9.97. The summed E-state index contributed by atoms with van der Waals surface area (Å²) in [6.45, 7) is 0. The van der Waals surface area contributed by atoms with Crippen molar-refractivity contribution < 1.29 is 4.92 Å². The number of nitrogens with zero attached hydrogens (tertiary/aromatic N) is 1. The zero-order valence-electron chi connectivity index (χ0n) is 8.20. The Morgan fingerprint density at radius 1 is 1.47 bits per heavy atom. The number of nitro benzene ring substituents is 1. The third-order valence-corrected chi connectivity index (χ3v) is 3.20. The zero-order valence-corrected chi connectivity index (χ0v) is 8.96. The van der Waals surface area contributed by atoms with Crippen molar-refractivity contribution in [3.8, 4) is 0 Å². The monoisotopic (exact) mass is 224 g/mol. The predicted molar refractivity (Wildman–Crippen MR) is 58.2 cm³/mol. The van der Waals surface area contributed by atoms with Crippen molar-refractivity contribution in [1.82, 2.24) is 0 Å². The second kappa shape index (κ2) is 4.19. The van der Waals surface area contributed by atoms with E-state index >= 15 is 0 Å². The Kier molecular flexibility index (Phi) is 2.91. The van der Waals surface area contributed by atoms with Crippen LogP contribution in [0.2, 0.25) is 5.02 Å². The lowest BCUT2D eigenvalue weighted by Gasteiger charge is -2.08. The summed E-state index contributed by atoms with van der Waals surface area (Å²) in [4.78, 5) is 10.1. The molecule has 0 atom stereocenters. The van der Waals surface area contributed by atoms with E-state index in [1.807, 2.05) is 0 Å². The van der Waals surface area contributed by atoms with Gasteiger partial charge in [0, 0.05) is 6.07 Å². The van der Waals surface area contributed by atoms with Gasteiger partial charge < -0.3 is 0 Å². The van der Waals surface area contributed by atoms with Crippen LogP contribution in [-0.4, -0.2) is 4.92 Å².